The first-order valence-corrected chi connectivity index (χ1v) is 5.43. The Kier molecular flexibility index (Phi) is 7.23. The Morgan fingerprint density at radius 2 is 2.08 bits per heavy atom. The lowest BCUT2D eigenvalue weighted by Gasteiger charge is -2.21. The fraction of sp³-hybridized carbons (Fsp3) is 1.00. The first-order chi connectivity index (χ1) is 6.24. The maximum Gasteiger partial charge on any atom is 0.0169 e. The van der Waals surface area contributed by atoms with E-state index in [2.05, 4.69) is 12.2 Å². The quantitative estimate of drug-likeness (QED) is 0.515. The molecule has 0 bridgehead atoms. The summed E-state index contributed by atoms with van der Waals surface area (Å²) in [6.07, 6.45) is 2.50. The van der Waals surface area contributed by atoms with Crippen LogP contribution in [-0.2, 0) is 0 Å². The molecule has 0 aliphatic carbocycles. The fourth-order valence-electron chi connectivity index (χ4n) is 1.89. The summed E-state index contributed by atoms with van der Waals surface area (Å²) in [5.41, 5.74) is 0. The van der Waals surface area contributed by atoms with E-state index < -0.39 is 0 Å². The maximum absolute atomic E-state index is 5.59. The predicted octanol–water partition coefficient (Wildman–Crippen LogP) is 1.21. The second kappa shape index (κ2) is 7.30. The third-order valence-corrected chi connectivity index (χ3v) is 2.45. The molecule has 0 aromatic carbocycles. The molecule has 0 aromatic heterocycles. The highest BCUT2D eigenvalue weighted by atomic mass is 15.4. The van der Waals surface area contributed by atoms with Gasteiger partial charge in [0.1, 0.15) is 0 Å². The van der Waals surface area contributed by atoms with Crippen LogP contribution in [0, 0.1) is 5.92 Å². The van der Waals surface area contributed by atoms with Gasteiger partial charge in [-0.25, -0.2) is 5.01 Å². The number of hydrogen-bond donors (Lipinski definition) is 2. The minimum Gasteiger partial charge on any atom is -0.314 e. The molecule has 0 amide bonds. The molecule has 1 aliphatic heterocycles. The van der Waals surface area contributed by atoms with Crippen LogP contribution in [-0.4, -0.2) is 31.2 Å². The van der Waals surface area contributed by atoms with Gasteiger partial charge in [-0.05, 0) is 25.3 Å². The van der Waals surface area contributed by atoms with Crippen LogP contribution < -0.4 is 11.2 Å². The smallest absolute Gasteiger partial charge is 0.0169 e. The van der Waals surface area contributed by atoms with Gasteiger partial charge in [-0.15, -0.1) is 0 Å². The molecule has 0 radical (unpaired) electrons. The molecule has 80 valence electrons. The van der Waals surface area contributed by atoms with Crippen molar-refractivity contribution in [2.75, 3.05) is 20.1 Å². The summed E-state index contributed by atoms with van der Waals surface area (Å²) >= 11 is 0. The van der Waals surface area contributed by atoms with E-state index in [1.807, 2.05) is 20.9 Å². The molecule has 3 heteroatoms. The molecule has 1 fully saturated rings. The Balaban J connectivity index is 0.000000671. The number of hydrogen-bond acceptors (Lipinski definition) is 3. The molecular weight excluding hydrogens is 162 g/mol. The monoisotopic (exact) mass is 187 g/mol. The minimum atomic E-state index is 0.695. The van der Waals surface area contributed by atoms with Crippen molar-refractivity contribution in [2.24, 2.45) is 11.8 Å². The molecule has 3 N–H and O–H groups in total. The van der Waals surface area contributed by atoms with Crippen molar-refractivity contribution in [3.05, 3.63) is 0 Å². The van der Waals surface area contributed by atoms with Crippen LogP contribution in [0.2, 0.25) is 0 Å². The van der Waals surface area contributed by atoms with Crippen molar-refractivity contribution in [3.8, 4) is 0 Å². The van der Waals surface area contributed by atoms with Gasteiger partial charge in [0.05, 0.1) is 0 Å². The van der Waals surface area contributed by atoms with Gasteiger partial charge < -0.3 is 5.32 Å². The van der Waals surface area contributed by atoms with Crippen molar-refractivity contribution in [3.63, 3.8) is 0 Å². The zero-order valence-electron chi connectivity index (χ0n) is 9.51. The van der Waals surface area contributed by atoms with Crippen molar-refractivity contribution in [1.82, 2.24) is 10.3 Å². The summed E-state index contributed by atoms with van der Waals surface area (Å²) in [5.74, 6) is 6.35. The Hall–Kier alpha value is -0.120. The van der Waals surface area contributed by atoms with E-state index in [0.29, 0.717) is 6.04 Å². The molecule has 0 aromatic rings. The van der Waals surface area contributed by atoms with Gasteiger partial charge in [-0.3, -0.25) is 5.84 Å². The van der Waals surface area contributed by atoms with E-state index in [0.717, 1.165) is 19.0 Å². The minimum absolute atomic E-state index is 0.695. The predicted molar refractivity (Wildman–Crippen MR) is 58.4 cm³/mol. The van der Waals surface area contributed by atoms with Crippen molar-refractivity contribution in [1.29, 1.82) is 0 Å². The fourth-order valence-corrected chi connectivity index (χ4v) is 1.89. The van der Waals surface area contributed by atoms with Crippen LogP contribution in [0.4, 0.5) is 0 Å². The van der Waals surface area contributed by atoms with Crippen LogP contribution in [0.25, 0.3) is 0 Å². The topological polar surface area (TPSA) is 41.3 Å². The number of rotatable bonds is 3. The standard InChI is InChI=1S/C8H19N3.C2H6/c1-3-8-7(4-5-10-8)6-11(2)9;1-2/h7-8,10H,3-6,9H2,1-2H3;1-2H3. The molecule has 2 unspecified atom stereocenters. The van der Waals surface area contributed by atoms with Crippen molar-refractivity contribution < 1.29 is 0 Å². The lowest BCUT2D eigenvalue weighted by atomic mass is 9.99. The number of nitrogens with one attached hydrogen (secondary N) is 1. The van der Waals surface area contributed by atoms with Crippen LogP contribution in [0.1, 0.15) is 33.6 Å². The van der Waals surface area contributed by atoms with E-state index in [-0.39, 0.29) is 0 Å². The average Bonchev–Trinajstić information content (AvgIpc) is 2.54. The first-order valence-electron chi connectivity index (χ1n) is 5.43. The van der Waals surface area contributed by atoms with Gasteiger partial charge in [-0.1, -0.05) is 20.8 Å². The molecule has 2 atom stereocenters. The van der Waals surface area contributed by atoms with Gasteiger partial charge in [-0.2, -0.15) is 0 Å². The Bertz CT molecular complexity index is 115. The lowest BCUT2D eigenvalue weighted by molar-refractivity contribution is 0.265. The van der Waals surface area contributed by atoms with Crippen LogP contribution in [0.5, 0.6) is 0 Å². The zero-order valence-corrected chi connectivity index (χ0v) is 9.51. The van der Waals surface area contributed by atoms with Gasteiger partial charge in [0.2, 0.25) is 0 Å². The highest BCUT2D eigenvalue weighted by Gasteiger charge is 2.25. The number of nitrogens with two attached hydrogens (primary N) is 1. The summed E-state index contributed by atoms with van der Waals surface area (Å²) in [7, 11) is 1.94. The summed E-state index contributed by atoms with van der Waals surface area (Å²) < 4.78 is 0. The molecule has 1 aliphatic rings. The highest BCUT2D eigenvalue weighted by molar-refractivity contribution is 4.83. The summed E-state index contributed by atoms with van der Waals surface area (Å²) in [6, 6.07) is 0.695. The third-order valence-electron chi connectivity index (χ3n) is 2.45. The van der Waals surface area contributed by atoms with Crippen LogP contribution >= 0.6 is 0 Å². The second-order valence-electron chi connectivity index (χ2n) is 3.46. The Labute approximate surface area is 82.6 Å². The molecule has 1 rings (SSSR count). The van der Waals surface area contributed by atoms with E-state index >= 15 is 0 Å². The van der Waals surface area contributed by atoms with Crippen LogP contribution in [0.15, 0.2) is 0 Å². The molecule has 0 spiro atoms. The number of hydrazine groups is 1. The normalized spacial score (nSPS) is 27.2. The summed E-state index contributed by atoms with van der Waals surface area (Å²) in [4.78, 5) is 0. The van der Waals surface area contributed by atoms with E-state index in [4.69, 9.17) is 5.84 Å². The molecular formula is C10H25N3. The first kappa shape index (κ1) is 12.9. The molecule has 1 heterocycles. The third kappa shape index (κ3) is 4.60. The average molecular weight is 187 g/mol. The van der Waals surface area contributed by atoms with Gasteiger partial charge >= 0.3 is 0 Å². The molecule has 0 saturated carbocycles. The summed E-state index contributed by atoms with van der Waals surface area (Å²) in [6.45, 7) is 8.41. The van der Waals surface area contributed by atoms with Gasteiger partial charge in [0, 0.05) is 19.6 Å². The van der Waals surface area contributed by atoms with Gasteiger partial charge in [0.15, 0.2) is 0 Å². The number of nitrogens with zero attached hydrogens (tertiary/aromatic N) is 1. The highest BCUT2D eigenvalue weighted by Crippen LogP contribution is 2.17. The van der Waals surface area contributed by atoms with E-state index in [1.165, 1.54) is 12.8 Å². The maximum atomic E-state index is 5.59. The molecule has 3 nitrogen and oxygen atoms in total. The zero-order chi connectivity index (χ0) is 10.3. The van der Waals surface area contributed by atoms with E-state index in [1.54, 1.807) is 5.01 Å². The Morgan fingerprint density at radius 3 is 2.54 bits per heavy atom. The largest absolute Gasteiger partial charge is 0.314 e. The van der Waals surface area contributed by atoms with Crippen molar-refractivity contribution >= 4 is 0 Å². The SMILES string of the molecule is CC.CCC1NCCC1CN(C)N. The summed E-state index contributed by atoms with van der Waals surface area (Å²) in [5, 5.41) is 5.27. The van der Waals surface area contributed by atoms with Crippen LogP contribution in [0.3, 0.4) is 0 Å². The molecule has 13 heavy (non-hydrogen) atoms. The Morgan fingerprint density at radius 1 is 1.46 bits per heavy atom. The second-order valence-corrected chi connectivity index (χ2v) is 3.46. The lowest BCUT2D eigenvalue weighted by Crippen LogP contribution is -2.37. The van der Waals surface area contributed by atoms with Crippen molar-refractivity contribution in [2.45, 2.75) is 39.7 Å². The molecule has 1 saturated heterocycles. The van der Waals surface area contributed by atoms with Gasteiger partial charge in [0.25, 0.3) is 0 Å². The van der Waals surface area contributed by atoms with E-state index in [9.17, 15) is 0 Å².